The Morgan fingerprint density at radius 3 is 2.31 bits per heavy atom. The van der Waals surface area contributed by atoms with E-state index in [0.29, 0.717) is 0 Å². The van der Waals surface area contributed by atoms with E-state index in [2.05, 4.69) is 50.3 Å². The summed E-state index contributed by atoms with van der Waals surface area (Å²) in [4.78, 5) is 0. The fourth-order valence-electron chi connectivity index (χ4n) is 5.75. The van der Waals surface area contributed by atoms with Gasteiger partial charge in [-0.05, 0) is 86.8 Å². The average molecular weight is 397 g/mol. The Morgan fingerprint density at radius 2 is 1.66 bits per heavy atom. The molecule has 0 aromatic heterocycles. The van der Waals surface area contributed by atoms with Gasteiger partial charge in [0.1, 0.15) is 5.75 Å². The van der Waals surface area contributed by atoms with Gasteiger partial charge in [-0.2, -0.15) is 0 Å². The zero-order valence-electron chi connectivity index (χ0n) is 19.1. The van der Waals surface area contributed by atoms with E-state index in [-0.39, 0.29) is 0 Å². The number of allylic oxidation sites excluding steroid dienone is 2. The van der Waals surface area contributed by atoms with E-state index in [0.717, 1.165) is 36.0 Å². The molecule has 0 bridgehead atoms. The molecule has 1 heteroatoms. The summed E-state index contributed by atoms with van der Waals surface area (Å²) in [5, 5.41) is 0. The highest BCUT2D eigenvalue weighted by Crippen LogP contribution is 2.44. The Labute approximate surface area is 180 Å². The molecule has 0 N–H and O–H groups in total. The van der Waals surface area contributed by atoms with E-state index >= 15 is 0 Å². The summed E-state index contributed by atoms with van der Waals surface area (Å²) >= 11 is 0. The van der Waals surface area contributed by atoms with E-state index in [1.807, 2.05) is 0 Å². The van der Waals surface area contributed by atoms with Crippen LogP contribution >= 0.6 is 0 Å². The molecule has 0 radical (unpaired) electrons. The first kappa shape index (κ1) is 22.4. The Kier molecular flexibility index (Phi) is 9.64. The smallest absolute Gasteiger partial charge is 0.119 e. The lowest BCUT2D eigenvalue weighted by molar-refractivity contribution is 0.209. The van der Waals surface area contributed by atoms with Crippen LogP contribution in [0, 0.1) is 17.8 Å². The van der Waals surface area contributed by atoms with Crippen molar-refractivity contribution in [3.05, 3.63) is 42.0 Å². The number of hydrogen-bond acceptors (Lipinski definition) is 1. The van der Waals surface area contributed by atoms with Gasteiger partial charge in [0.2, 0.25) is 0 Å². The molecule has 0 aliphatic heterocycles. The van der Waals surface area contributed by atoms with Gasteiger partial charge in [-0.1, -0.05) is 76.2 Å². The predicted octanol–water partition coefficient (Wildman–Crippen LogP) is 8.69. The van der Waals surface area contributed by atoms with E-state index in [1.54, 1.807) is 5.56 Å². The van der Waals surface area contributed by atoms with Crippen molar-refractivity contribution in [1.82, 2.24) is 0 Å². The zero-order valence-corrected chi connectivity index (χ0v) is 19.1. The molecule has 3 rings (SSSR count). The van der Waals surface area contributed by atoms with Crippen LogP contribution in [0.15, 0.2) is 36.4 Å². The minimum absolute atomic E-state index is 0.739. The Morgan fingerprint density at radius 1 is 0.862 bits per heavy atom. The van der Waals surface area contributed by atoms with E-state index in [9.17, 15) is 0 Å². The van der Waals surface area contributed by atoms with Crippen molar-refractivity contribution in [2.45, 2.75) is 103 Å². The second kappa shape index (κ2) is 12.5. The maximum Gasteiger partial charge on any atom is 0.119 e. The predicted molar refractivity (Wildman–Crippen MR) is 126 cm³/mol. The van der Waals surface area contributed by atoms with Gasteiger partial charge in [0.25, 0.3) is 0 Å². The fraction of sp³-hybridized carbons (Fsp3) is 0.714. The van der Waals surface area contributed by atoms with E-state index in [4.69, 9.17) is 4.74 Å². The van der Waals surface area contributed by atoms with Crippen LogP contribution in [0.4, 0.5) is 0 Å². The summed E-state index contributed by atoms with van der Waals surface area (Å²) in [5.74, 6) is 4.52. The van der Waals surface area contributed by atoms with Crippen LogP contribution in [0.2, 0.25) is 0 Å². The Balaban J connectivity index is 1.60. The topological polar surface area (TPSA) is 9.23 Å². The molecule has 1 fully saturated rings. The highest BCUT2D eigenvalue weighted by atomic mass is 16.5. The van der Waals surface area contributed by atoms with Gasteiger partial charge in [-0.25, -0.2) is 0 Å². The van der Waals surface area contributed by atoms with Crippen molar-refractivity contribution in [3.63, 3.8) is 0 Å². The maximum absolute atomic E-state index is 5.70. The van der Waals surface area contributed by atoms with Crippen LogP contribution in [-0.4, -0.2) is 6.61 Å². The van der Waals surface area contributed by atoms with Gasteiger partial charge in [-0.3, -0.25) is 0 Å². The fourth-order valence-corrected chi connectivity index (χ4v) is 5.75. The van der Waals surface area contributed by atoms with Gasteiger partial charge in [0.05, 0.1) is 6.61 Å². The van der Waals surface area contributed by atoms with Gasteiger partial charge >= 0.3 is 0 Å². The first-order chi connectivity index (χ1) is 14.3. The van der Waals surface area contributed by atoms with Crippen LogP contribution in [0.25, 0.3) is 0 Å². The van der Waals surface area contributed by atoms with Gasteiger partial charge in [-0.15, -0.1) is 0 Å². The largest absolute Gasteiger partial charge is 0.494 e. The third-order valence-corrected chi connectivity index (χ3v) is 7.51. The highest BCUT2D eigenvalue weighted by molar-refractivity contribution is 5.30. The summed E-state index contributed by atoms with van der Waals surface area (Å²) < 4.78 is 5.70. The molecule has 0 heterocycles. The van der Waals surface area contributed by atoms with Gasteiger partial charge in [0.15, 0.2) is 0 Å². The molecular weight excluding hydrogens is 352 g/mol. The zero-order chi connectivity index (χ0) is 20.3. The summed E-state index contributed by atoms with van der Waals surface area (Å²) in [5.41, 5.74) is 1.56. The molecule has 29 heavy (non-hydrogen) atoms. The molecular formula is C28H44O. The number of ether oxygens (including phenoxy) is 1. The first-order valence-corrected chi connectivity index (χ1v) is 12.7. The average Bonchev–Trinajstić information content (AvgIpc) is 2.77. The molecule has 0 amide bonds. The number of benzene rings is 1. The van der Waals surface area contributed by atoms with Crippen LogP contribution in [0.5, 0.6) is 5.75 Å². The van der Waals surface area contributed by atoms with Crippen molar-refractivity contribution in [2.24, 2.45) is 17.8 Å². The molecule has 2 aliphatic carbocycles. The summed E-state index contributed by atoms with van der Waals surface area (Å²) in [7, 11) is 0. The lowest BCUT2D eigenvalue weighted by atomic mass is 9.69. The monoisotopic (exact) mass is 396 g/mol. The van der Waals surface area contributed by atoms with Crippen LogP contribution in [0.1, 0.15) is 109 Å². The van der Waals surface area contributed by atoms with Crippen molar-refractivity contribution >= 4 is 0 Å². The Bertz CT molecular complexity index is 579. The third-order valence-electron chi connectivity index (χ3n) is 7.51. The summed E-state index contributed by atoms with van der Waals surface area (Å²) in [6.07, 6.45) is 23.1. The van der Waals surface area contributed by atoms with Gasteiger partial charge in [0, 0.05) is 0 Å². The molecule has 0 saturated heterocycles. The summed E-state index contributed by atoms with van der Waals surface area (Å²) in [6.45, 7) is 5.13. The second-order valence-electron chi connectivity index (χ2n) is 9.62. The maximum atomic E-state index is 5.70. The standard InChI is InChI=1S/C28H44O/c1-3-5-6-8-11-23-14-16-25(17-15-23)28(22-24-12-9-7-10-13-24)26-18-20-27(21-19-26)29-4-2/h7,9,18-21,23-25,28H,3-6,8,10-17,22H2,1-2H3. The van der Waals surface area contributed by atoms with Gasteiger partial charge < -0.3 is 4.74 Å². The van der Waals surface area contributed by atoms with Crippen molar-refractivity contribution in [2.75, 3.05) is 6.61 Å². The molecule has 1 aromatic rings. The van der Waals surface area contributed by atoms with Crippen LogP contribution in [-0.2, 0) is 0 Å². The quantitative estimate of drug-likeness (QED) is 0.268. The van der Waals surface area contributed by atoms with Crippen molar-refractivity contribution in [1.29, 1.82) is 0 Å². The molecule has 1 nitrogen and oxygen atoms in total. The molecule has 1 aromatic carbocycles. The molecule has 162 valence electrons. The molecule has 0 spiro atoms. The Hall–Kier alpha value is -1.24. The molecule has 2 atom stereocenters. The van der Waals surface area contributed by atoms with Crippen molar-refractivity contribution in [3.8, 4) is 5.75 Å². The van der Waals surface area contributed by atoms with Crippen LogP contribution in [0.3, 0.4) is 0 Å². The third kappa shape index (κ3) is 7.19. The highest BCUT2D eigenvalue weighted by Gasteiger charge is 2.30. The number of rotatable bonds is 11. The lowest BCUT2D eigenvalue weighted by Crippen LogP contribution is -2.23. The van der Waals surface area contributed by atoms with Crippen molar-refractivity contribution < 1.29 is 4.74 Å². The van der Waals surface area contributed by atoms with E-state index < -0.39 is 0 Å². The number of hydrogen-bond donors (Lipinski definition) is 0. The SMILES string of the molecule is CCCCCCC1CCC(C(CC2CC=CCC2)c2ccc(OCC)cc2)CC1. The molecule has 1 saturated carbocycles. The summed E-state index contributed by atoms with van der Waals surface area (Å²) in [6, 6.07) is 9.13. The first-order valence-electron chi connectivity index (χ1n) is 12.7. The molecule has 2 aliphatic rings. The number of unbranched alkanes of at least 4 members (excludes halogenated alkanes) is 3. The minimum Gasteiger partial charge on any atom is -0.494 e. The molecule has 2 unspecified atom stereocenters. The van der Waals surface area contributed by atoms with Crippen LogP contribution < -0.4 is 4.74 Å². The second-order valence-corrected chi connectivity index (χ2v) is 9.62. The minimum atomic E-state index is 0.739. The normalized spacial score (nSPS) is 25.7. The lowest BCUT2D eigenvalue weighted by Gasteiger charge is -2.36. The van der Waals surface area contributed by atoms with E-state index in [1.165, 1.54) is 83.5 Å².